The highest BCUT2D eigenvalue weighted by atomic mass is 31.2. The molecule has 63 heavy (non-hydrogen) atoms. The lowest BCUT2D eigenvalue weighted by molar-refractivity contribution is -0.870. The number of nitrogens with zero attached hydrogens (tertiary/aromatic N) is 1. The van der Waals surface area contributed by atoms with Gasteiger partial charge in [0.1, 0.15) is 13.2 Å². The fourth-order valence-electron chi connectivity index (χ4n) is 7.55. The summed E-state index contributed by atoms with van der Waals surface area (Å²) in [6.45, 7) is 4.58. The minimum atomic E-state index is -4.59. The quantitative estimate of drug-likeness (QED) is 0.0272. The molecule has 0 fully saturated rings. The van der Waals surface area contributed by atoms with Crippen LogP contribution in [-0.4, -0.2) is 68.5 Å². The van der Waals surface area contributed by atoms with Crippen molar-refractivity contribution in [1.29, 1.82) is 0 Å². The highest BCUT2D eigenvalue weighted by Gasteiger charge is 2.23. The van der Waals surface area contributed by atoms with Crippen molar-refractivity contribution < 1.29 is 32.9 Å². The Morgan fingerprint density at radius 2 is 0.937 bits per heavy atom. The molecule has 2 N–H and O–H groups in total. The minimum Gasteiger partial charge on any atom is -0.756 e. The molecule has 0 heterocycles. The summed E-state index contributed by atoms with van der Waals surface area (Å²) in [7, 11) is 1.24. The number of carbonyl (C=O) groups is 1. The van der Waals surface area contributed by atoms with Gasteiger partial charge in [0.25, 0.3) is 7.82 Å². The maximum absolute atomic E-state index is 12.9. The predicted molar refractivity (Wildman–Crippen MR) is 270 cm³/mol. The van der Waals surface area contributed by atoms with Crippen LogP contribution in [0, 0.1) is 0 Å². The van der Waals surface area contributed by atoms with Crippen LogP contribution in [0.1, 0.15) is 239 Å². The molecule has 3 unspecified atom stereocenters. The number of nitrogens with one attached hydrogen (secondary N) is 1. The Balaban J connectivity index is 4.01. The van der Waals surface area contributed by atoms with E-state index in [-0.39, 0.29) is 12.5 Å². The molecule has 0 bridgehead atoms. The number of phosphoric acid groups is 1. The van der Waals surface area contributed by atoms with Crippen LogP contribution in [0.5, 0.6) is 0 Å². The van der Waals surface area contributed by atoms with Crippen molar-refractivity contribution in [2.45, 2.75) is 251 Å². The summed E-state index contributed by atoms with van der Waals surface area (Å²) in [4.78, 5) is 25.3. The second kappa shape index (κ2) is 45.6. The summed E-state index contributed by atoms with van der Waals surface area (Å²) in [6.07, 6.45) is 59.2. The number of amides is 1. The Morgan fingerprint density at radius 3 is 1.40 bits per heavy atom. The van der Waals surface area contributed by atoms with E-state index in [4.69, 9.17) is 9.05 Å². The van der Waals surface area contributed by atoms with Crippen molar-refractivity contribution in [2.75, 3.05) is 40.9 Å². The summed E-state index contributed by atoms with van der Waals surface area (Å²) < 4.78 is 23.2. The van der Waals surface area contributed by atoms with Crippen molar-refractivity contribution in [3.63, 3.8) is 0 Å². The van der Waals surface area contributed by atoms with Gasteiger partial charge in [0.2, 0.25) is 5.91 Å². The highest BCUT2D eigenvalue weighted by molar-refractivity contribution is 7.45. The number of carbonyl (C=O) groups excluding carboxylic acids is 1. The number of hydrogen-bond donors (Lipinski definition) is 2. The average molecular weight is 907 g/mol. The number of unbranched alkanes of at least 4 members (excludes halogenated alkanes) is 29. The van der Waals surface area contributed by atoms with Gasteiger partial charge in [-0.2, -0.15) is 0 Å². The second-order valence-corrected chi connectivity index (χ2v) is 20.6. The molecule has 0 radical (unpaired) electrons. The molecule has 0 aliphatic carbocycles. The van der Waals surface area contributed by atoms with Crippen LogP contribution in [0.3, 0.4) is 0 Å². The molecule has 3 atom stereocenters. The lowest BCUT2D eigenvalue weighted by Crippen LogP contribution is -2.45. The Hall–Kier alpha value is -1.54. The largest absolute Gasteiger partial charge is 0.756 e. The van der Waals surface area contributed by atoms with Gasteiger partial charge in [-0.1, -0.05) is 217 Å². The van der Waals surface area contributed by atoms with Crippen LogP contribution in [0.15, 0.2) is 48.6 Å². The molecule has 0 rings (SSSR count). The summed E-state index contributed by atoms with van der Waals surface area (Å²) in [5, 5.41) is 13.7. The molecular formula is C54H103N2O6P. The van der Waals surface area contributed by atoms with Crippen molar-refractivity contribution in [1.82, 2.24) is 5.32 Å². The fourth-order valence-corrected chi connectivity index (χ4v) is 8.28. The molecule has 0 aromatic rings. The Bertz CT molecular complexity index is 1170. The smallest absolute Gasteiger partial charge is 0.268 e. The molecule has 0 aliphatic heterocycles. The van der Waals surface area contributed by atoms with Gasteiger partial charge in [-0.15, -0.1) is 0 Å². The van der Waals surface area contributed by atoms with Gasteiger partial charge in [0.15, 0.2) is 0 Å². The van der Waals surface area contributed by atoms with Crippen LogP contribution in [0.25, 0.3) is 0 Å². The summed E-state index contributed by atoms with van der Waals surface area (Å²) in [6, 6.07) is -0.900. The number of quaternary nitrogens is 1. The monoisotopic (exact) mass is 907 g/mol. The maximum atomic E-state index is 12.9. The van der Waals surface area contributed by atoms with Crippen LogP contribution in [0.2, 0.25) is 0 Å². The molecule has 0 aliphatic rings. The van der Waals surface area contributed by atoms with Crippen molar-refractivity contribution in [3.8, 4) is 0 Å². The Morgan fingerprint density at radius 1 is 0.556 bits per heavy atom. The normalized spacial score (nSPS) is 14.5. The van der Waals surface area contributed by atoms with Gasteiger partial charge in [0.05, 0.1) is 39.9 Å². The minimum absolute atomic E-state index is 0.00635. The molecule has 0 aromatic carbocycles. The topological polar surface area (TPSA) is 108 Å². The summed E-state index contributed by atoms with van der Waals surface area (Å²) >= 11 is 0. The van der Waals surface area contributed by atoms with Crippen molar-refractivity contribution in [2.24, 2.45) is 0 Å². The highest BCUT2D eigenvalue weighted by Crippen LogP contribution is 2.38. The predicted octanol–water partition coefficient (Wildman–Crippen LogP) is 15.0. The van der Waals surface area contributed by atoms with Gasteiger partial charge in [-0.25, -0.2) is 0 Å². The lowest BCUT2D eigenvalue weighted by Gasteiger charge is -2.29. The molecular weight excluding hydrogens is 804 g/mol. The zero-order valence-corrected chi connectivity index (χ0v) is 42.9. The second-order valence-electron chi connectivity index (χ2n) is 19.2. The SMILES string of the molecule is CCCCCC/C=C/CC/C=C/C(O)C(COP(=O)([O-])OCC[N+](C)(C)C)NC(=O)CCCCCCCCCCCCCCCCCCCCC/C=C\C/C=C\CCCCCCC. The first kappa shape index (κ1) is 61.5. The van der Waals surface area contributed by atoms with Crippen LogP contribution in [-0.2, 0) is 18.4 Å². The van der Waals surface area contributed by atoms with Gasteiger partial charge in [0, 0.05) is 6.42 Å². The van der Waals surface area contributed by atoms with Gasteiger partial charge >= 0.3 is 0 Å². The molecule has 0 spiro atoms. The first-order valence-corrected chi connectivity index (χ1v) is 28.0. The van der Waals surface area contributed by atoms with E-state index in [0.717, 1.165) is 44.9 Å². The van der Waals surface area contributed by atoms with E-state index in [1.54, 1.807) is 6.08 Å². The van der Waals surface area contributed by atoms with Crippen LogP contribution >= 0.6 is 7.82 Å². The molecule has 0 saturated carbocycles. The summed E-state index contributed by atoms with van der Waals surface area (Å²) in [5.74, 6) is -0.208. The Labute approximate surface area is 390 Å². The van der Waals surface area contributed by atoms with Crippen molar-refractivity contribution in [3.05, 3.63) is 48.6 Å². The first-order valence-electron chi connectivity index (χ1n) is 26.5. The van der Waals surface area contributed by atoms with Gasteiger partial charge in [-0.3, -0.25) is 9.36 Å². The molecule has 8 nitrogen and oxygen atoms in total. The number of phosphoric ester groups is 1. The van der Waals surface area contributed by atoms with E-state index in [1.165, 1.54) is 173 Å². The van der Waals surface area contributed by atoms with Crippen LogP contribution in [0.4, 0.5) is 0 Å². The van der Waals surface area contributed by atoms with E-state index >= 15 is 0 Å². The average Bonchev–Trinajstić information content (AvgIpc) is 3.24. The maximum Gasteiger partial charge on any atom is 0.268 e. The molecule has 1 amide bonds. The zero-order chi connectivity index (χ0) is 46.4. The number of aliphatic hydroxyl groups is 1. The number of likely N-dealkylation sites (N-methyl/N-ethyl adjacent to an activating group) is 1. The fraction of sp³-hybridized carbons (Fsp3) is 0.833. The third kappa shape index (κ3) is 48.2. The Kier molecular flexibility index (Phi) is 44.5. The third-order valence-electron chi connectivity index (χ3n) is 11.8. The lowest BCUT2D eigenvalue weighted by atomic mass is 10.0. The van der Waals surface area contributed by atoms with Crippen molar-refractivity contribution >= 4 is 13.7 Å². The standard InChI is InChI=1S/C54H103N2O6P/c1-6-8-10-12-14-16-18-19-20-21-22-23-24-25-26-27-28-29-30-31-32-33-34-35-36-37-38-40-42-44-46-48-54(58)55-52(51-62-63(59,60)61-50-49-56(3,4)5)53(57)47-45-43-41-39-17-15-13-11-9-7-2/h17-19,21-22,39,45,47,52-53,57H,6-16,20,23-38,40-44,46,48-51H2,1-5H3,(H-,55,58,59,60)/b19-18-,22-21-,39-17+,47-45+. The number of rotatable bonds is 48. The number of hydrogen-bond acceptors (Lipinski definition) is 6. The third-order valence-corrected chi connectivity index (χ3v) is 12.7. The van der Waals surface area contributed by atoms with E-state index < -0.39 is 26.6 Å². The van der Waals surface area contributed by atoms with Gasteiger partial charge < -0.3 is 28.8 Å². The van der Waals surface area contributed by atoms with E-state index in [1.807, 2.05) is 27.2 Å². The number of allylic oxidation sites excluding steroid dienone is 7. The van der Waals surface area contributed by atoms with E-state index in [9.17, 15) is 19.4 Å². The van der Waals surface area contributed by atoms with E-state index in [0.29, 0.717) is 17.4 Å². The summed E-state index contributed by atoms with van der Waals surface area (Å²) in [5.41, 5.74) is 0. The molecule has 0 saturated heterocycles. The van der Waals surface area contributed by atoms with E-state index in [2.05, 4.69) is 55.6 Å². The first-order chi connectivity index (χ1) is 30.5. The molecule has 9 heteroatoms. The van der Waals surface area contributed by atoms with Gasteiger partial charge in [-0.05, 0) is 64.2 Å². The molecule has 0 aromatic heterocycles. The zero-order valence-electron chi connectivity index (χ0n) is 42.0. The van der Waals surface area contributed by atoms with Crippen LogP contribution < -0.4 is 10.2 Å². The number of aliphatic hydroxyl groups excluding tert-OH is 1. The molecule has 370 valence electrons.